The van der Waals surface area contributed by atoms with E-state index in [9.17, 15) is 0 Å². The topological polar surface area (TPSA) is 12.0 Å². The Hall–Kier alpha value is -0.820. The van der Waals surface area contributed by atoms with E-state index in [0.717, 1.165) is 13.1 Å². The van der Waals surface area contributed by atoms with E-state index >= 15 is 0 Å². The maximum atomic E-state index is 3.53. The molecule has 1 N–H and O–H groups in total. The van der Waals surface area contributed by atoms with E-state index in [0.29, 0.717) is 11.3 Å². The summed E-state index contributed by atoms with van der Waals surface area (Å²) in [5.41, 5.74) is 1.83. The summed E-state index contributed by atoms with van der Waals surface area (Å²) in [5, 5.41) is 3.53. The minimum atomic E-state index is 0.385. The van der Waals surface area contributed by atoms with Crippen LogP contribution in [0.25, 0.3) is 0 Å². The molecule has 0 bridgehead atoms. The second-order valence-electron chi connectivity index (χ2n) is 5.84. The van der Waals surface area contributed by atoms with Gasteiger partial charge in [0.2, 0.25) is 0 Å². The molecular weight excluding hydrogens is 194 g/mol. The van der Waals surface area contributed by atoms with Gasteiger partial charge in [0.05, 0.1) is 0 Å². The third-order valence-electron chi connectivity index (χ3n) is 2.78. The molecule has 1 heteroatoms. The standard InChI is InChI=1S/C15H25N/c1-13(14-8-6-5-7-9-14)10-11-16-12-15(2,3)4/h5-9,13,16H,10-12H2,1-4H3. The first-order chi connectivity index (χ1) is 7.49. The third-order valence-corrected chi connectivity index (χ3v) is 2.78. The monoisotopic (exact) mass is 219 g/mol. The molecule has 0 spiro atoms. The molecule has 0 aliphatic rings. The Morgan fingerprint density at radius 3 is 2.31 bits per heavy atom. The summed E-state index contributed by atoms with van der Waals surface area (Å²) < 4.78 is 0. The Balaban J connectivity index is 2.24. The average Bonchev–Trinajstić information content (AvgIpc) is 2.24. The number of benzene rings is 1. The first-order valence-electron chi connectivity index (χ1n) is 6.25. The molecule has 16 heavy (non-hydrogen) atoms. The van der Waals surface area contributed by atoms with E-state index in [-0.39, 0.29) is 0 Å². The maximum absolute atomic E-state index is 3.53. The Kier molecular flexibility index (Phi) is 5.01. The van der Waals surface area contributed by atoms with Gasteiger partial charge in [-0.1, -0.05) is 58.0 Å². The van der Waals surface area contributed by atoms with Gasteiger partial charge in [-0.3, -0.25) is 0 Å². The molecule has 0 saturated heterocycles. The van der Waals surface area contributed by atoms with Crippen LogP contribution in [0.5, 0.6) is 0 Å². The number of hydrogen-bond acceptors (Lipinski definition) is 1. The molecule has 0 aliphatic carbocycles. The first kappa shape index (κ1) is 13.2. The highest BCUT2D eigenvalue weighted by Gasteiger charge is 2.09. The van der Waals surface area contributed by atoms with E-state index in [1.54, 1.807) is 0 Å². The predicted octanol–water partition coefficient (Wildman–Crippen LogP) is 3.82. The molecule has 0 heterocycles. The molecule has 0 aromatic heterocycles. The number of rotatable bonds is 5. The van der Waals surface area contributed by atoms with Crippen LogP contribution in [0.3, 0.4) is 0 Å². The molecular formula is C15H25N. The second kappa shape index (κ2) is 6.05. The van der Waals surface area contributed by atoms with Crippen LogP contribution in [0.1, 0.15) is 45.6 Å². The van der Waals surface area contributed by atoms with Crippen LogP contribution in [-0.4, -0.2) is 13.1 Å². The fourth-order valence-corrected chi connectivity index (χ4v) is 1.73. The van der Waals surface area contributed by atoms with Gasteiger partial charge in [0.15, 0.2) is 0 Å². The molecule has 1 aromatic carbocycles. The summed E-state index contributed by atoms with van der Waals surface area (Å²) in [6.07, 6.45) is 1.21. The first-order valence-corrected chi connectivity index (χ1v) is 6.25. The molecule has 0 radical (unpaired) electrons. The van der Waals surface area contributed by atoms with Crippen molar-refractivity contribution in [3.8, 4) is 0 Å². The summed E-state index contributed by atoms with van der Waals surface area (Å²) in [5.74, 6) is 0.647. The maximum Gasteiger partial charge on any atom is -0.0000121 e. The van der Waals surface area contributed by atoms with Crippen LogP contribution in [0.4, 0.5) is 0 Å². The van der Waals surface area contributed by atoms with Crippen molar-refractivity contribution in [1.29, 1.82) is 0 Å². The quantitative estimate of drug-likeness (QED) is 0.742. The third kappa shape index (κ3) is 5.32. The van der Waals surface area contributed by atoms with Crippen molar-refractivity contribution in [2.45, 2.75) is 40.0 Å². The molecule has 1 nitrogen and oxygen atoms in total. The van der Waals surface area contributed by atoms with Crippen molar-refractivity contribution in [2.75, 3.05) is 13.1 Å². The fraction of sp³-hybridized carbons (Fsp3) is 0.600. The molecule has 0 amide bonds. The van der Waals surface area contributed by atoms with Crippen LogP contribution >= 0.6 is 0 Å². The average molecular weight is 219 g/mol. The van der Waals surface area contributed by atoms with Gasteiger partial charge in [-0.15, -0.1) is 0 Å². The molecule has 0 saturated carbocycles. The van der Waals surface area contributed by atoms with Gasteiger partial charge in [-0.2, -0.15) is 0 Å². The van der Waals surface area contributed by atoms with Gasteiger partial charge < -0.3 is 5.32 Å². The normalized spacial score (nSPS) is 13.8. The van der Waals surface area contributed by atoms with Crippen LogP contribution < -0.4 is 5.32 Å². The van der Waals surface area contributed by atoms with Gasteiger partial charge in [0.1, 0.15) is 0 Å². The molecule has 0 fully saturated rings. The van der Waals surface area contributed by atoms with Crippen molar-refractivity contribution in [2.24, 2.45) is 5.41 Å². The molecule has 0 aliphatic heterocycles. The molecule has 1 aromatic rings. The van der Waals surface area contributed by atoms with E-state index in [1.807, 2.05) is 0 Å². The molecule has 1 rings (SSSR count). The Bertz CT molecular complexity index is 284. The van der Waals surface area contributed by atoms with Crippen LogP contribution in [0, 0.1) is 5.41 Å². The summed E-state index contributed by atoms with van der Waals surface area (Å²) in [6, 6.07) is 10.7. The van der Waals surface area contributed by atoms with Crippen molar-refractivity contribution < 1.29 is 0 Å². The van der Waals surface area contributed by atoms with Crippen molar-refractivity contribution in [3.05, 3.63) is 35.9 Å². The second-order valence-corrected chi connectivity index (χ2v) is 5.84. The van der Waals surface area contributed by atoms with Crippen molar-refractivity contribution in [3.63, 3.8) is 0 Å². The minimum absolute atomic E-state index is 0.385. The highest BCUT2D eigenvalue weighted by atomic mass is 14.9. The van der Waals surface area contributed by atoms with Crippen molar-refractivity contribution >= 4 is 0 Å². The van der Waals surface area contributed by atoms with E-state index in [2.05, 4.69) is 63.3 Å². The number of hydrogen-bond donors (Lipinski definition) is 1. The predicted molar refractivity (Wildman–Crippen MR) is 71.8 cm³/mol. The van der Waals surface area contributed by atoms with Crippen LogP contribution in [0.15, 0.2) is 30.3 Å². The van der Waals surface area contributed by atoms with Crippen molar-refractivity contribution in [1.82, 2.24) is 5.32 Å². The van der Waals surface area contributed by atoms with Crippen LogP contribution in [-0.2, 0) is 0 Å². The lowest BCUT2D eigenvalue weighted by molar-refractivity contribution is 0.376. The molecule has 90 valence electrons. The van der Waals surface area contributed by atoms with Gasteiger partial charge >= 0.3 is 0 Å². The minimum Gasteiger partial charge on any atom is -0.316 e. The van der Waals surface area contributed by atoms with E-state index < -0.39 is 0 Å². The zero-order chi connectivity index (χ0) is 12.0. The van der Waals surface area contributed by atoms with E-state index in [1.165, 1.54) is 12.0 Å². The summed E-state index contributed by atoms with van der Waals surface area (Å²) in [4.78, 5) is 0. The Morgan fingerprint density at radius 2 is 1.75 bits per heavy atom. The summed E-state index contributed by atoms with van der Waals surface area (Å²) >= 11 is 0. The smallest absolute Gasteiger partial charge is 0.0000121 e. The van der Waals surface area contributed by atoms with Gasteiger partial charge in [0.25, 0.3) is 0 Å². The lowest BCUT2D eigenvalue weighted by Gasteiger charge is -2.20. The zero-order valence-corrected chi connectivity index (χ0v) is 11.1. The SMILES string of the molecule is CC(CCNCC(C)(C)C)c1ccccc1. The molecule has 1 unspecified atom stereocenters. The summed E-state index contributed by atoms with van der Waals surface area (Å²) in [6.45, 7) is 11.3. The van der Waals surface area contributed by atoms with Gasteiger partial charge in [-0.25, -0.2) is 0 Å². The Labute approximate surface area is 100 Å². The summed E-state index contributed by atoms with van der Waals surface area (Å²) in [7, 11) is 0. The van der Waals surface area contributed by atoms with E-state index in [4.69, 9.17) is 0 Å². The highest BCUT2D eigenvalue weighted by Crippen LogP contribution is 2.17. The number of nitrogens with one attached hydrogen (secondary N) is 1. The molecule has 1 atom stereocenters. The highest BCUT2D eigenvalue weighted by molar-refractivity contribution is 5.18. The van der Waals surface area contributed by atoms with Crippen LogP contribution in [0.2, 0.25) is 0 Å². The lowest BCUT2D eigenvalue weighted by atomic mass is 9.95. The largest absolute Gasteiger partial charge is 0.316 e. The zero-order valence-electron chi connectivity index (χ0n) is 11.1. The fourth-order valence-electron chi connectivity index (χ4n) is 1.73. The van der Waals surface area contributed by atoms with Gasteiger partial charge in [-0.05, 0) is 36.4 Å². The van der Waals surface area contributed by atoms with Gasteiger partial charge in [0, 0.05) is 0 Å². The Morgan fingerprint density at radius 1 is 1.12 bits per heavy atom. The lowest BCUT2D eigenvalue weighted by Crippen LogP contribution is -2.28.